The minimum Gasteiger partial charge on any atom is -0.467 e. The van der Waals surface area contributed by atoms with Crippen molar-refractivity contribution >= 4 is 17.7 Å². The van der Waals surface area contributed by atoms with E-state index in [4.69, 9.17) is 0 Å². The van der Waals surface area contributed by atoms with Gasteiger partial charge in [0.2, 0.25) is 0 Å². The largest absolute Gasteiger partial charge is 0.467 e. The molecule has 3 nitrogen and oxygen atoms in total. The maximum atomic E-state index is 11.0. The van der Waals surface area contributed by atoms with E-state index in [0.717, 1.165) is 12.3 Å². The van der Waals surface area contributed by atoms with E-state index in [1.165, 1.54) is 7.11 Å². The third kappa shape index (κ3) is 2.38. The number of nitrogens with one attached hydrogen (secondary N) is 1. The van der Waals surface area contributed by atoms with Gasteiger partial charge in [-0.25, -0.2) is 4.79 Å². The van der Waals surface area contributed by atoms with Crippen LogP contribution in [0.3, 0.4) is 0 Å². The number of carbonyl (C=O) groups is 1. The minimum absolute atomic E-state index is 0.142. The summed E-state index contributed by atoms with van der Waals surface area (Å²) in [4.78, 5) is 11.0. The second-order valence-corrected chi connectivity index (χ2v) is 3.89. The van der Waals surface area contributed by atoms with Gasteiger partial charge in [-0.15, -0.1) is 11.8 Å². The minimum atomic E-state index is -0.165. The molecule has 2 unspecified atom stereocenters. The summed E-state index contributed by atoms with van der Waals surface area (Å²) in [7, 11) is 1.42. The van der Waals surface area contributed by atoms with E-state index in [2.05, 4.69) is 17.0 Å². The Morgan fingerprint density at radius 2 is 2.45 bits per heavy atom. The van der Waals surface area contributed by atoms with Crippen molar-refractivity contribution in [1.82, 2.24) is 5.32 Å². The van der Waals surface area contributed by atoms with Crippen LogP contribution in [0.4, 0.5) is 0 Å². The number of hydrogen-bond donors (Lipinski definition) is 1. The van der Waals surface area contributed by atoms with Gasteiger partial charge in [-0.3, -0.25) is 5.32 Å². The second-order valence-electron chi connectivity index (χ2n) is 2.75. The van der Waals surface area contributed by atoms with E-state index < -0.39 is 0 Å². The Morgan fingerprint density at radius 3 is 2.91 bits per heavy atom. The molecule has 11 heavy (non-hydrogen) atoms. The lowest BCUT2D eigenvalue weighted by molar-refractivity contribution is -0.140. The Bertz CT molecular complexity index is 143. The molecule has 0 aliphatic carbocycles. The van der Waals surface area contributed by atoms with Gasteiger partial charge in [-0.2, -0.15) is 0 Å². The van der Waals surface area contributed by atoms with Crippen molar-refractivity contribution in [2.45, 2.75) is 12.3 Å². The zero-order valence-corrected chi connectivity index (χ0v) is 7.61. The van der Waals surface area contributed by atoms with Crippen LogP contribution < -0.4 is 5.32 Å². The molecule has 0 saturated carbocycles. The lowest BCUT2D eigenvalue weighted by Gasteiger charge is -2.25. The highest BCUT2D eigenvalue weighted by Gasteiger charge is 2.24. The van der Waals surface area contributed by atoms with Gasteiger partial charge in [0.15, 0.2) is 5.37 Å². The van der Waals surface area contributed by atoms with Crippen LogP contribution in [0.25, 0.3) is 0 Å². The molecule has 2 atom stereocenters. The zero-order chi connectivity index (χ0) is 8.27. The molecule has 0 radical (unpaired) electrons. The zero-order valence-electron chi connectivity index (χ0n) is 6.79. The van der Waals surface area contributed by atoms with Crippen LogP contribution in [0.5, 0.6) is 0 Å². The average Bonchev–Trinajstić information content (AvgIpc) is 2.05. The lowest BCUT2D eigenvalue weighted by atomic mass is 10.2. The van der Waals surface area contributed by atoms with Crippen LogP contribution in [0, 0.1) is 5.92 Å². The van der Waals surface area contributed by atoms with Crippen molar-refractivity contribution in [1.29, 1.82) is 0 Å². The summed E-state index contributed by atoms with van der Waals surface area (Å²) in [6, 6.07) is 0. The van der Waals surface area contributed by atoms with E-state index in [1.54, 1.807) is 11.8 Å². The Morgan fingerprint density at radius 1 is 1.73 bits per heavy atom. The summed E-state index contributed by atoms with van der Waals surface area (Å²) >= 11 is 1.62. The van der Waals surface area contributed by atoms with Crippen molar-refractivity contribution < 1.29 is 9.53 Å². The van der Waals surface area contributed by atoms with Gasteiger partial charge in [-0.05, 0) is 11.7 Å². The van der Waals surface area contributed by atoms with Crippen LogP contribution in [0.1, 0.15) is 6.92 Å². The molecule has 1 saturated heterocycles. The van der Waals surface area contributed by atoms with Crippen molar-refractivity contribution in [2.24, 2.45) is 5.92 Å². The maximum absolute atomic E-state index is 11.0. The van der Waals surface area contributed by atoms with Crippen molar-refractivity contribution in [3.05, 3.63) is 0 Å². The van der Waals surface area contributed by atoms with E-state index >= 15 is 0 Å². The fourth-order valence-electron chi connectivity index (χ4n) is 0.945. The van der Waals surface area contributed by atoms with Crippen molar-refractivity contribution in [2.75, 3.05) is 19.4 Å². The van der Waals surface area contributed by atoms with E-state index in [0.29, 0.717) is 5.92 Å². The lowest BCUT2D eigenvalue weighted by Crippen LogP contribution is -2.42. The number of thioether (sulfide) groups is 1. The standard InChI is InChI=1S/C7H13NO2S/c1-5-3-8-6(11-4-5)7(9)10-2/h5-6,8H,3-4H2,1-2H3. The topological polar surface area (TPSA) is 38.3 Å². The smallest absolute Gasteiger partial charge is 0.333 e. The first-order valence-electron chi connectivity index (χ1n) is 3.67. The molecule has 64 valence electrons. The highest BCUT2D eigenvalue weighted by molar-refractivity contribution is 8.00. The molecule has 1 aliphatic heterocycles. The summed E-state index contributed by atoms with van der Waals surface area (Å²) < 4.78 is 4.60. The van der Waals surface area contributed by atoms with Gasteiger partial charge < -0.3 is 4.74 Å². The predicted molar refractivity (Wildman–Crippen MR) is 45.4 cm³/mol. The van der Waals surface area contributed by atoms with Gasteiger partial charge in [-0.1, -0.05) is 6.92 Å². The molecule has 1 N–H and O–H groups in total. The first-order valence-corrected chi connectivity index (χ1v) is 4.71. The highest BCUT2D eigenvalue weighted by Crippen LogP contribution is 2.18. The van der Waals surface area contributed by atoms with Gasteiger partial charge in [0.25, 0.3) is 0 Å². The molecule has 0 amide bonds. The summed E-state index contributed by atoms with van der Waals surface area (Å²) in [5.74, 6) is 1.52. The third-order valence-corrected chi connectivity index (χ3v) is 3.07. The van der Waals surface area contributed by atoms with E-state index in [-0.39, 0.29) is 11.3 Å². The van der Waals surface area contributed by atoms with Gasteiger partial charge >= 0.3 is 5.97 Å². The number of methoxy groups -OCH3 is 1. The Kier molecular flexibility index (Phi) is 3.20. The highest BCUT2D eigenvalue weighted by atomic mass is 32.2. The van der Waals surface area contributed by atoms with Crippen LogP contribution >= 0.6 is 11.8 Å². The molecule has 4 heteroatoms. The normalized spacial score (nSPS) is 31.5. The molecular formula is C7H13NO2S. The Hall–Kier alpha value is -0.220. The quantitative estimate of drug-likeness (QED) is 0.587. The molecule has 1 heterocycles. The van der Waals surface area contributed by atoms with Gasteiger partial charge in [0.1, 0.15) is 0 Å². The van der Waals surface area contributed by atoms with Crippen molar-refractivity contribution in [3.8, 4) is 0 Å². The molecule has 0 aromatic rings. The second kappa shape index (κ2) is 3.97. The molecule has 0 spiro atoms. The Balaban J connectivity index is 2.33. The van der Waals surface area contributed by atoms with E-state index in [9.17, 15) is 4.79 Å². The predicted octanol–water partition coefficient (Wildman–Crippen LogP) is 0.458. The number of hydrogen-bond acceptors (Lipinski definition) is 4. The summed E-state index contributed by atoms with van der Waals surface area (Å²) in [5, 5.41) is 2.97. The van der Waals surface area contributed by atoms with Crippen LogP contribution in [0.15, 0.2) is 0 Å². The summed E-state index contributed by atoms with van der Waals surface area (Å²) in [6.45, 7) is 3.07. The van der Waals surface area contributed by atoms with E-state index in [1.807, 2.05) is 0 Å². The monoisotopic (exact) mass is 175 g/mol. The number of carbonyl (C=O) groups excluding carboxylic acids is 1. The molecule has 0 bridgehead atoms. The Labute approximate surface area is 70.9 Å². The van der Waals surface area contributed by atoms with Crippen LogP contribution in [-0.4, -0.2) is 30.8 Å². The average molecular weight is 175 g/mol. The number of ether oxygens (including phenoxy) is 1. The fraction of sp³-hybridized carbons (Fsp3) is 0.857. The third-order valence-electron chi connectivity index (χ3n) is 1.61. The number of esters is 1. The molecule has 0 aromatic carbocycles. The SMILES string of the molecule is COC(=O)C1NCC(C)CS1. The number of rotatable bonds is 1. The van der Waals surface area contributed by atoms with Crippen molar-refractivity contribution in [3.63, 3.8) is 0 Å². The molecule has 1 rings (SSSR count). The van der Waals surface area contributed by atoms with Crippen LogP contribution in [-0.2, 0) is 9.53 Å². The molecule has 0 aromatic heterocycles. The maximum Gasteiger partial charge on any atom is 0.333 e. The molecular weight excluding hydrogens is 162 g/mol. The van der Waals surface area contributed by atoms with Gasteiger partial charge in [0, 0.05) is 6.54 Å². The first kappa shape index (κ1) is 8.87. The van der Waals surface area contributed by atoms with Gasteiger partial charge in [0.05, 0.1) is 7.11 Å². The summed E-state index contributed by atoms with van der Waals surface area (Å²) in [5.41, 5.74) is 0. The fourth-order valence-corrected chi connectivity index (χ4v) is 2.03. The first-order chi connectivity index (χ1) is 5.24. The summed E-state index contributed by atoms with van der Waals surface area (Å²) in [6.07, 6.45) is 0. The van der Waals surface area contributed by atoms with Crippen LogP contribution in [0.2, 0.25) is 0 Å². The molecule has 1 aliphatic rings. The molecule has 1 fully saturated rings.